The van der Waals surface area contributed by atoms with Gasteiger partial charge in [0.15, 0.2) is 0 Å². The molecule has 118 valence electrons. The van der Waals surface area contributed by atoms with E-state index in [4.69, 9.17) is 10.5 Å². The molecule has 0 aliphatic rings. The summed E-state index contributed by atoms with van der Waals surface area (Å²) in [5.74, 6) is 1.01. The maximum Gasteiger partial charge on any atom is 0.100 e. The zero-order valence-electron chi connectivity index (χ0n) is 12.9. The van der Waals surface area contributed by atoms with Crippen LogP contribution in [0.5, 0.6) is 0 Å². The first kappa shape index (κ1) is 18.9. The third kappa shape index (κ3) is 6.30. The summed E-state index contributed by atoms with van der Waals surface area (Å²) in [5, 5.41) is 18.2. The van der Waals surface area contributed by atoms with E-state index in [1.54, 1.807) is 12.1 Å². The lowest BCUT2D eigenvalue weighted by Crippen LogP contribution is -2.03. The first-order chi connectivity index (χ1) is 10.6. The van der Waals surface area contributed by atoms with Crippen molar-refractivity contribution in [1.29, 1.82) is 10.5 Å². The van der Waals surface area contributed by atoms with Crippen LogP contribution in [0, 0.1) is 22.7 Å². The number of nitriles is 2. The van der Waals surface area contributed by atoms with Gasteiger partial charge in [0.25, 0.3) is 0 Å². The molecule has 1 aromatic carbocycles. The summed E-state index contributed by atoms with van der Waals surface area (Å²) in [5.41, 5.74) is 1.67. The molecule has 5 heteroatoms. The van der Waals surface area contributed by atoms with Gasteiger partial charge in [0.05, 0.1) is 17.2 Å². The van der Waals surface area contributed by atoms with Crippen LogP contribution >= 0.6 is 15.9 Å². The smallest absolute Gasteiger partial charge is 0.100 e. The number of hydrogen-bond donors (Lipinski definition) is 0. The molecule has 0 aliphatic carbocycles. The fourth-order valence-corrected chi connectivity index (χ4v) is 3.90. The lowest BCUT2D eigenvalue weighted by atomic mass is 10.1. The highest BCUT2D eigenvalue weighted by Crippen LogP contribution is 2.22. The molecule has 3 nitrogen and oxygen atoms in total. The summed E-state index contributed by atoms with van der Waals surface area (Å²) in [6, 6.07) is 7.49. The second-order valence-corrected chi connectivity index (χ2v) is 7.70. The Bertz CT molecular complexity index is 602. The van der Waals surface area contributed by atoms with E-state index >= 15 is 0 Å². The molecule has 0 fully saturated rings. The molecule has 1 unspecified atom stereocenters. The van der Waals surface area contributed by atoms with Gasteiger partial charge in [-0.1, -0.05) is 39.0 Å². The number of rotatable bonds is 9. The van der Waals surface area contributed by atoms with Gasteiger partial charge >= 0.3 is 0 Å². The molecular formula is C17H21BrN2OS. The summed E-state index contributed by atoms with van der Waals surface area (Å²) < 4.78 is 12.8. The van der Waals surface area contributed by atoms with Crippen LogP contribution < -0.4 is 0 Å². The highest BCUT2D eigenvalue weighted by Gasteiger charge is 2.11. The molecule has 0 N–H and O–H groups in total. The fourth-order valence-electron chi connectivity index (χ4n) is 2.22. The maximum atomic E-state index is 12.2. The Hall–Kier alpha value is -1.17. The van der Waals surface area contributed by atoms with E-state index < -0.39 is 10.8 Å². The first-order valence-electron chi connectivity index (χ1n) is 7.60. The van der Waals surface area contributed by atoms with E-state index in [9.17, 15) is 4.21 Å². The Balaban J connectivity index is 2.54. The van der Waals surface area contributed by atoms with Crippen molar-refractivity contribution in [3.63, 3.8) is 0 Å². The molecule has 22 heavy (non-hydrogen) atoms. The van der Waals surface area contributed by atoms with Crippen molar-refractivity contribution >= 4 is 26.7 Å². The second kappa shape index (κ2) is 10.5. The van der Waals surface area contributed by atoms with Gasteiger partial charge in [0, 0.05) is 26.8 Å². The third-order valence-electron chi connectivity index (χ3n) is 3.48. The number of hydrogen-bond acceptors (Lipinski definition) is 3. The largest absolute Gasteiger partial charge is 0.259 e. The van der Waals surface area contributed by atoms with Gasteiger partial charge in [-0.15, -0.1) is 0 Å². The van der Waals surface area contributed by atoms with E-state index in [-0.39, 0.29) is 0 Å². The Morgan fingerprint density at radius 2 is 1.68 bits per heavy atom. The van der Waals surface area contributed by atoms with Gasteiger partial charge in [-0.25, -0.2) is 0 Å². The Morgan fingerprint density at radius 3 is 2.32 bits per heavy atom. The lowest BCUT2D eigenvalue weighted by Gasteiger charge is -2.07. The van der Waals surface area contributed by atoms with Crippen LogP contribution in [-0.2, 0) is 16.6 Å². The quantitative estimate of drug-likeness (QED) is 0.577. The molecule has 0 aliphatic heterocycles. The SMILES string of the molecule is CCCCCCCCS(=O)Cc1cc(C#N)c(Br)cc1C#N. The molecular weight excluding hydrogens is 360 g/mol. The molecule has 0 saturated carbocycles. The predicted molar refractivity (Wildman–Crippen MR) is 93.7 cm³/mol. The minimum Gasteiger partial charge on any atom is -0.259 e. The van der Waals surface area contributed by atoms with Crippen molar-refractivity contribution in [3.8, 4) is 12.1 Å². The van der Waals surface area contributed by atoms with Crippen LogP contribution in [0.4, 0.5) is 0 Å². The first-order valence-corrected chi connectivity index (χ1v) is 9.88. The summed E-state index contributed by atoms with van der Waals surface area (Å²) >= 11 is 3.27. The minimum absolute atomic E-state index is 0.347. The van der Waals surface area contributed by atoms with Gasteiger partial charge in [-0.2, -0.15) is 10.5 Å². The maximum absolute atomic E-state index is 12.2. The van der Waals surface area contributed by atoms with Gasteiger partial charge < -0.3 is 0 Å². The highest BCUT2D eigenvalue weighted by atomic mass is 79.9. The van der Waals surface area contributed by atoms with Crippen molar-refractivity contribution in [2.45, 2.75) is 51.2 Å². The van der Waals surface area contributed by atoms with Crippen molar-refractivity contribution < 1.29 is 4.21 Å². The Kier molecular flexibility index (Phi) is 9.04. The van der Waals surface area contributed by atoms with E-state index in [0.717, 1.165) is 12.8 Å². The van der Waals surface area contributed by atoms with Crippen molar-refractivity contribution in [2.75, 3.05) is 5.75 Å². The molecule has 0 saturated heterocycles. The van der Waals surface area contributed by atoms with Crippen LogP contribution in [0.25, 0.3) is 0 Å². The van der Waals surface area contributed by atoms with E-state index in [0.29, 0.717) is 32.7 Å². The summed E-state index contributed by atoms with van der Waals surface area (Å²) in [7, 11) is -0.983. The standard InChI is InChI=1S/C17H21BrN2OS/c1-2-3-4-5-6-7-8-22(21)13-16-9-15(12-20)17(18)10-14(16)11-19/h9-10H,2-8,13H2,1H3. The topological polar surface area (TPSA) is 64.7 Å². The third-order valence-corrected chi connectivity index (χ3v) is 5.51. The Labute approximate surface area is 143 Å². The zero-order valence-corrected chi connectivity index (χ0v) is 15.3. The molecule has 0 amide bonds. The second-order valence-electron chi connectivity index (χ2n) is 5.27. The van der Waals surface area contributed by atoms with Crippen LogP contribution in [0.2, 0.25) is 0 Å². The Morgan fingerprint density at radius 1 is 1.05 bits per heavy atom. The predicted octanol–water partition coefficient (Wildman–Crippen LogP) is 4.80. The summed E-state index contributed by atoms with van der Waals surface area (Å²) in [6.45, 7) is 2.19. The van der Waals surface area contributed by atoms with Crippen molar-refractivity contribution in [1.82, 2.24) is 0 Å². The fraction of sp³-hybridized carbons (Fsp3) is 0.529. The number of benzene rings is 1. The van der Waals surface area contributed by atoms with E-state index in [1.807, 2.05) is 0 Å². The summed E-state index contributed by atoms with van der Waals surface area (Å²) in [6.07, 6.45) is 7.02. The van der Waals surface area contributed by atoms with Crippen LogP contribution in [0.1, 0.15) is 62.1 Å². The zero-order chi connectivity index (χ0) is 16.4. The average Bonchev–Trinajstić information content (AvgIpc) is 2.52. The number of unbranched alkanes of at least 4 members (excludes halogenated alkanes) is 5. The molecule has 0 spiro atoms. The minimum atomic E-state index is -0.983. The average molecular weight is 381 g/mol. The van der Waals surface area contributed by atoms with Gasteiger partial charge in [-0.3, -0.25) is 4.21 Å². The molecule has 0 bridgehead atoms. The van der Waals surface area contributed by atoms with Crippen molar-refractivity contribution in [3.05, 3.63) is 33.3 Å². The molecule has 0 radical (unpaired) electrons. The van der Waals surface area contributed by atoms with Gasteiger partial charge in [0.1, 0.15) is 6.07 Å². The van der Waals surface area contributed by atoms with Gasteiger partial charge in [-0.05, 0) is 40.0 Å². The van der Waals surface area contributed by atoms with Crippen LogP contribution in [0.3, 0.4) is 0 Å². The van der Waals surface area contributed by atoms with Crippen molar-refractivity contribution in [2.24, 2.45) is 0 Å². The lowest BCUT2D eigenvalue weighted by molar-refractivity contribution is 0.622. The monoisotopic (exact) mass is 380 g/mol. The number of nitrogens with zero attached hydrogens (tertiary/aromatic N) is 2. The molecule has 1 aromatic rings. The normalized spacial score (nSPS) is 11.6. The van der Waals surface area contributed by atoms with E-state index in [1.165, 1.54) is 25.7 Å². The molecule has 0 heterocycles. The van der Waals surface area contributed by atoms with Crippen LogP contribution in [0.15, 0.2) is 16.6 Å². The molecule has 0 aromatic heterocycles. The van der Waals surface area contributed by atoms with E-state index in [2.05, 4.69) is 35.0 Å². The summed E-state index contributed by atoms with van der Waals surface area (Å²) in [4.78, 5) is 0. The molecule has 1 atom stereocenters. The van der Waals surface area contributed by atoms with Crippen LogP contribution in [-0.4, -0.2) is 9.96 Å². The molecule has 1 rings (SSSR count). The number of halogens is 1. The highest BCUT2D eigenvalue weighted by molar-refractivity contribution is 9.10. The van der Waals surface area contributed by atoms with Gasteiger partial charge in [0.2, 0.25) is 0 Å².